The maximum Gasteiger partial charge on any atom is 0.501 e. The van der Waals surface area contributed by atoms with Crippen molar-refractivity contribution in [3.63, 3.8) is 0 Å². The van der Waals surface area contributed by atoms with Crippen LogP contribution < -0.4 is 20.1 Å². The van der Waals surface area contributed by atoms with Crippen LogP contribution in [0, 0.1) is 17.2 Å². The third kappa shape index (κ3) is 7.82. The fourth-order valence-electron chi connectivity index (χ4n) is 5.74. The summed E-state index contributed by atoms with van der Waals surface area (Å²) in [7, 11) is -4.49. The predicted molar refractivity (Wildman–Crippen MR) is 162 cm³/mol. The predicted octanol–water partition coefficient (Wildman–Crippen LogP) is 4.15. The number of rotatable bonds is 9. The largest absolute Gasteiger partial charge is 0.501 e. The summed E-state index contributed by atoms with van der Waals surface area (Å²) in [5.41, 5.74) is -6.89. The van der Waals surface area contributed by atoms with Crippen LogP contribution in [0.15, 0.2) is 41.3 Å². The summed E-state index contributed by atoms with van der Waals surface area (Å²) in [6, 6.07) is 4.76. The number of halogens is 4. The Morgan fingerprint density at radius 2 is 1.71 bits per heavy atom. The molecule has 3 N–H and O–H groups in total. The minimum Gasteiger partial charge on any atom is -0.496 e. The molecule has 2 aliphatic rings. The number of hydrogen-bond donors (Lipinski definition) is 3. The number of carboxylic acid groups (broad SMARTS) is 1. The molecule has 262 valence electrons. The van der Waals surface area contributed by atoms with Crippen LogP contribution >= 0.6 is 0 Å². The summed E-state index contributed by atoms with van der Waals surface area (Å²) >= 11 is 0. The highest BCUT2D eigenvalue weighted by atomic mass is 32.2. The van der Waals surface area contributed by atoms with E-state index in [2.05, 4.69) is 10.6 Å². The molecule has 0 aromatic heterocycles. The van der Waals surface area contributed by atoms with E-state index in [1.165, 1.54) is 25.0 Å². The molecule has 1 heterocycles. The lowest BCUT2D eigenvalue weighted by Crippen LogP contribution is -2.55. The molecule has 12 nitrogen and oxygen atoms in total. The number of carboxylic acids is 1. The summed E-state index contributed by atoms with van der Waals surface area (Å²) in [5, 5.41) is 14.6. The molecule has 0 spiro atoms. The number of alkyl halides is 3. The topological polar surface area (TPSA) is 168 Å². The molecule has 17 heteroatoms. The number of carbonyl (C=O) groups is 4. The van der Waals surface area contributed by atoms with Gasteiger partial charge in [-0.3, -0.25) is 19.2 Å². The molecular weight excluding hydrogens is 666 g/mol. The number of benzene rings is 2. The van der Waals surface area contributed by atoms with Gasteiger partial charge in [0.2, 0.25) is 11.8 Å². The van der Waals surface area contributed by atoms with Crippen molar-refractivity contribution in [3.8, 4) is 11.5 Å². The van der Waals surface area contributed by atoms with Crippen LogP contribution in [0.2, 0.25) is 0 Å². The van der Waals surface area contributed by atoms with E-state index in [1.54, 1.807) is 6.92 Å². The van der Waals surface area contributed by atoms with E-state index in [-0.39, 0.29) is 48.2 Å². The van der Waals surface area contributed by atoms with Gasteiger partial charge in [0.15, 0.2) is 11.6 Å². The van der Waals surface area contributed by atoms with E-state index < -0.39 is 67.3 Å². The van der Waals surface area contributed by atoms with Crippen molar-refractivity contribution in [2.45, 2.75) is 68.5 Å². The van der Waals surface area contributed by atoms with Crippen LogP contribution in [0.3, 0.4) is 0 Å². The Morgan fingerprint density at radius 1 is 1.04 bits per heavy atom. The first-order valence-corrected chi connectivity index (χ1v) is 16.4. The fraction of sp³-hybridized carbons (Fsp3) is 0.484. The molecule has 2 aromatic rings. The minimum absolute atomic E-state index is 0.0865. The highest BCUT2D eigenvalue weighted by Gasteiger charge is 2.47. The first-order chi connectivity index (χ1) is 22.4. The number of methoxy groups -OCH3 is 1. The van der Waals surface area contributed by atoms with Crippen molar-refractivity contribution in [2.75, 3.05) is 25.5 Å². The smallest absolute Gasteiger partial charge is 0.496 e. The third-order valence-corrected chi connectivity index (χ3v) is 10.3. The summed E-state index contributed by atoms with van der Waals surface area (Å²) in [5.74, 6) is -5.27. The molecule has 0 bridgehead atoms. The van der Waals surface area contributed by atoms with E-state index >= 15 is 4.39 Å². The van der Waals surface area contributed by atoms with Crippen molar-refractivity contribution >= 4 is 39.2 Å². The molecule has 2 aromatic carbocycles. The number of sulfone groups is 1. The Bertz CT molecular complexity index is 1690. The van der Waals surface area contributed by atoms with Gasteiger partial charge in [-0.1, -0.05) is 6.07 Å². The maximum absolute atomic E-state index is 15.0. The highest BCUT2D eigenvalue weighted by molar-refractivity contribution is 7.92. The average Bonchev–Trinajstić information content (AvgIpc) is 3.02. The molecule has 2 atom stereocenters. The molecule has 1 saturated heterocycles. The molecule has 1 unspecified atom stereocenters. The van der Waals surface area contributed by atoms with Gasteiger partial charge in [0.05, 0.1) is 35.0 Å². The van der Waals surface area contributed by atoms with Gasteiger partial charge in [-0.05, 0) is 63.3 Å². The molecular formula is C31H35F4N3O9S. The fourth-order valence-corrected chi connectivity index (χ4v) is 6.55. The number of nitrogens with one attached hydrogen (secondary N) is 2. The summed E-state index contributed by atoms with van der Waals surface area (Å²) in [6.07, 6.45) is 0.873. The van der Waals surface area contributed by atoms with Gasteiger partial charge in [0.25, 0.3) is 15.7 Å². The lowest BCUT2D eigenvalue weighted by Gasteiger charge is -2.37. The Hall–Kier alpha value is -4.41. The second-order valence-corrected chi connectivity index (χ2v) is 14.0. The van der Waals surface area contributed by atoms with Gasteiger partial charge < -0.3 is 30.1 Å². The van der Waals surface area contributed by atoms with E-state index in [4.69, 9.17) is 9.47 Å². The second-order valence-electron chi connectivity index (χ2n) is 12.1. The number of likely N-dealkylation sites (tertiary alicyclic amines) is 1. The van der Waals surface area contributed by atoms with Gasteiger partial charge in [-0.15, -0.1) is 0 Å². The molecule has 4 rings (SSSR count). The van der Waals surface area contributed by atoms with Crippen molar-refractivity contribution in [2.24, 2.45) is 11.3 Å². The van der Waals surface area contributed by atoms with Crippen molar-refractivity contribution < 1.29 is 59.7 Å². The first kappa shape index (κ1) is 36.4. The van der Waals surface area contributed by atoms with Crippen LogP contribution in [-0.2, 0) is 24.2 Å². The zero-order chi connectivity index (χ0) is 35.6. The number of hydrogen-bond acceptors (Lipinski definition) is 8. The molecule has 1 saturated carbocycles. The van der Waals surface area contributed by atoms with E-state index in [1.807, 2.05) is 0 Å². The van der Waals surface area contributed by atoms with Gasteiger partial charge in [-0.2, -0.15) is 13.2 Å². The van der Waals surface area contributed by atoms with E-state index in [9.17, 15) is 45.9 Å². The molecule has 2 fully saturated rings. The number of anilines is 1. The van der Waals surface area contributed by atoms with Crippen LogP contribution in [0.5, 0.6) is 11.5 Å². The van der Waals surface area contributed by atoms with Gasteiger partial charge in [0, 0.05) is 37.8 Å². The van der Waals surface area contributed by atoms with E-state index in [0.29, 0.717) is 31.7 Å². The number of amides is 3. The zero-order valence-corrected chi connectivity index (χ0v) is 27.0. The quantitative estimate of drug-likeness (QED) is 0.326. The average molecular weight is 702 g/mol. The minimum atomic E-state index is -5.70. The summed E-state index contributed by atoms with van der Waals surface area (Å²) < 4.78 is 89.1. The molecule has 48 heavy (non-hydrogen) atoms. The number of ether oxygens (including phenoxy) is 2. The van der Waals surface area contributed by atoms with Crippen LogP contribution in [-0.4, -0.2) is 80.0 Å². The molecule has 1 aliphatic carbocycles. The molecule has 3 amide bonds. The van der Waals surface area contributed by atoms with Crippen LogP contribution in [0.1, 0.15) is 56.3 Å². The Labute approximate surface area is 273 Å². The zero-order valence-electron chi connectivity index (χ0n) is 26.2. The summed E-state index contributed by atoms with van der Waals surface area (Å²) in [6.45, 7) is 2.87. The standard InChI is InChI=1S/C31H35F4N3O9S/c1-17(39)38-12-9-24(22(16-38)28(41)36-18-5-4-6-20(13-18)48(44,45)31(33,34)35)37-27(40)21-14-26(23(32)15-25(21)46-3)47-19-7-10-30(2,11-8-19)29(42)43/h4-6,13-15,19,22,24H,7-12,16H2,1-3H3,(H,36,41)(H,37,40)(H,42,43)/t19-,22?,24-,30+/m0/s1. The maximum atomic E-state index is 15.0. The van der Waals surface area contributed by atoms with Crippen molar-refractivity contribution in [3.05, 3.63) is 47.8 Å². The number of piperidine rings is 1. The van der Waals surface area contributed by atoms with Crippen molar-refractivity contribution in [1.29, 1.82) is 0 Å². The normalized spacial score (nSPS) is 23.1. The summed E-state index contributed by atoms with van der Waals surface area (Å²) in [4.78, 5) is 51.0. The van der Waals surface area contributed by atoms with Gasteiger partial charge >= 0.3 is 11.5 Å². The highest BCUT2D eigenvalue weighted by Crippen LogP contribution is 2.39. The monoisotopic (exact) mass is 701 g/mol. The van der Waals surface area contributed by atoms with Crippen LogP contribution in [0.25, 0.3) is 0 Å². The second kappa shape index (κ2) is 14.0. The Kier molecular flexibility index (Phi) is 10.6. The lowest BCUT2D eigenvalue weighted by molar-refractivity contribution is -0.150. The molecule has 1 aliphatic heterocycles. The Morgan fingerprint density at radius 3 is 2.29 bits per heavy atom. The van der Waals surface area contributed by atoms with Gasteiger partial charge in [-0.25, -0.2) is 12.8 Å². The molecule has 0 radical (unpaired) electrons. The van der Waals surface area contributed by atoms with Crippen LogP contribution in [0.4, 0.5) is 23.2 Å². The number of nitrogens with zero attached hydrogens (tertiary/aromatic N) is 1. The SMILES string of the molecule is COc1cc(F)c(O[C@H]2CC[C@@](C)(C(=O)O)CC2)cc1C(=O)N[C@H]1CCN(C(C)=O)CC1C(=O)Nc1cccc(S(=O)(=O)C(F)(F)F)c1. The lowest BCUT2D eigenvalue weighted by atomic mass is 9.75. The first-order valence-electron chi connectivity index (χ1n) is 14.9. The van der Waals surface area contributed by atoms with Gasteiger partial charge in [0.1, 0.15) is 5.75 Å². The van der Waals surface area contributed by atoms with E-state index in [0.717, 1.165) is 24.3 Å². The van der Waals surface area contributed by atoms with Crippen molar-refractivity contribution in [1.82, 2.24) is 10.2 Å². The Balaban J connectivity index is 1.55. The number of carbonyl (C=O) groups excluding carboxylic acids is 3. The number of aliphatic carboxylic acids is 1. The third-order valence-electron chi connectivity index (χ3n) is 8.77.